The number of rotatable bonds is 7. The number of nitrogens with one attached hydrogen (secondary N) is 1. The molecule has 10 nitrogen and oxygen atoms in total. The number of likely N-dealkylation sites (N-methyl/N-ethyl adjacent to an activating group) is 2. The first-order valence-electron chi connectivity index (χ1n) is 12.0. The van der Waals surface area contributed by atoms with E-state index in [0.29, 0.717) is 6.42 Å². The van der Waals surface area contributed by atoms with Crippen molar-refractivity contribution in [1.29, 1.82) is 0 Å². The maximum absolute atomic E-state index is 13.1. The van der Waals surface area contributed by atoms with Crippen LogP contribution in [0.3, 0.4) is 0 Å². The van der Waals surface area contributed by atoms with Gasteiger partial charge in [-0.3, -0.25) is 9.69 Å². The third-order valence-electron chi connectivity index (χ3n) is 6.85. The van der Waals surface area contributed by atoms with Crippen molar-refractivity contribution < 1.29 is 9.90 Å². The van der Waals surface area contributed by atoms with E-state index in [-0.39, 0.29) is 18.4 Å². The van der Waals surface area contributed by atoms with Gasteiger partial charge in [0.2, 0.25) is 5.91 Å². The lowest BCUT2D eigenvalue weighted by Crippen LogP contribution is -2.44. The van der Waals surface area contributed by atoms with E-state index in [4.69, 9.17) is 0 Å². The molecule has 4 aromatic rings. The Labute approximate surface area is 214 Å². The second kappa shape index (κ2) is 9.64. The minimum atomic E-state index is -0.680. The summed E-state index contributed by atoms with van der Waals surface area (Å²) in [6, 6.07) is 4.04. The molecule has 1 aliphatic rings. The highest BCUT2D eigenvalue weighted by Crippen LogP contribution is 2.41. The van der Waals surface area contributed by atoms with Crippen LogP contribution in [0.5, 0.6) is 0 Å². The summed E-state index contributed by atoms with van der Waals surface area (Å²) < 4.78 is 1.86. The zero-order valence-electron chi connectivity index (χ0n) is 21.3. The number of amides is 1. The highest BCUT2D eigenvalue weighted by molar-refractivity contribution is 7.19. The van der Waals surface area contributed by atoms with E-state index in [1.54, 1.807) is 54.8 Å². The van der Waals surface area contributed by atoms with Crippen LogP contribution in [-0.2, 0) is 17.6 Å². The molecule has 190 valence electrons. The summed E-state index contributed by atoms with van der Waals surface area (Å²) in [6.07, 6.45) is 6.94. The monoisotopic (exact) mass is 508 g/mol. The Bertz CT molecular complexity index is 1410. The lowest BCUT2D eigenvalue weighted by Gasteiger charge is -2.29. The smallest absolute Gasteiger partial charge is 0.225 e. The van der Waals surface area contributed by atoms with E-state index < -0.39 is 6.23 Å². The molecule has 11 heteroatoms. The number of hydrogen-bond acceptors (Lipinski definition) is 9. The van der Waals surface area contributed by atoms with Gasteiger partial charge in [-0.1, -0.05) is 0 Å². The summed E-state index contributed by atoms with van der Waals surface area (Å²) in [7, 11) is 9.37. The van der Waals surface area contributed by atoms with Crippen molar-refractivity contribution in [3.63, 3.8) is 0 Å². The molecule has 0 spiro atoms. The third kappa shape index (κ3) is 4.49. The van der Waals surface area contributed by atoms with E-state index >= 15 is 0 Å². The average molecular weight is 509 g/mol. The fourth-order valence-electron chi connectivity index (χ4n) is 4.76. The molecule has 0 radical (unpaired) electrons. The molecule has 0 aromatic carbocycles. The average Bonchev–Trinajstić information content (AvgIpc) is 3.46. The van der Waals surface area contributed by atoms with Crippen LogP contribution in [0.4, 0.5) is 17.2 Å². The maximum atomic E-state index is 13.1. The number of anilines is 3. The van der Waals surface area contributed by atoms with Gasteiger partial charge in [0.15, 0.2) is 0 Å². The summed E-state index contributed by atoms with van der Waals surface area (Å²) in [5.41, 5.74) is 4.16. The number of carbonyl (C=O) groups is 1. The van der Waals surface area contributed by atoms with Crippen LogP contribution < -0.4 is 10.2 Å². The van der Waals surface area contributed by atoms with Gasteiger partial charge in [-0.15, -0.1) is 11.3 Å². The number of thiophene rings is 1. The molecule has 0 fully saturated rings. The zero-order chi connectivity index (χ0) is 25.6. The minimum absolute atomic E-state index is 0.0770. The maximum Gasteiger partial charge on any atom is 0.225 e. The van der Waals surface area contributed by atoms with Crippen LogP contribution in [0, 0.1) is 5.92 Å². The third-order valence-corrected chi connectivity index (χ3v) is 8.01. The second-order valence-corrected chi connectivity index (χ2v) is 10.9. The Kier molecular flexibility index (Phi) is 6.54. The lowest BCUT2D eigenvalue weighted by molar-refractivity contribution is -0.137. The number of aryl methyl sites for hydroxylation is 1. The van der Waals surface area contributed by atoms with Crippen LogP contribution in [0.1, 0.15) is 16.9 Å². The molecular formula is C25H32N8O2S. The summed E-state index contributed by atoms with van der Waals surface area (Å²) in [6.45, 7) is 0.289. The minimum Gasteiger partial charge on any atom is -0.377 e. The van der Waals surface area contributed by atoms with Crippen molar-refractivity contribution in [3.8, 4) is 0 Å². The molecule has 1 amide bonds. The van der Waals surface area contributed by atoms with Crippen molar-refractivity contribution in [1.82, 2.24) is 29.4 Å². The van der Waals surface area contributed by atoms with E-state index in [1.807, 2.05) is 35.8 Å². The molecule has 4 aromatic heterocycles. The van der Waals surface area contributed by atoms with Crippen LogP contribution in [0.15, 0.2) is 30.9 Å². The Hall–Kier alpha value is -3.28. The fraction of sp³-hybridized carbons (Fsp3) is 0.440. The summed E-state index contributed by atoms with van der Waals surface area (Å²) in [5, 5.41) is 19.1. The Morgan fingerprint density at radius 2 is 2.08 bits per heavy atom. The van der Waals surface area contributed by atoms with Gasteiger partial charge in [0.05, 0.1) is 35.0 Å². The van der Waals surface area contributed by atoms with Crippen molar-refractivity contribution >= 4 is 50.2 Å². The number of aromatic nitrogens is 4. The molecule has 1 unspecified atom stereocenters. The predicted octanol–water partition coefficient (Wildman–Crippen LogP) is 2.59. The zero-order valence-corrected chi connectivity index (χ0v) is 22.1. The Balaban J connectivity index is 1.43. The molecule has 36 heavy (non-hydrogen) atoms. The van der Waals surface area contributed by atoms with Crippen LogP contribution in [0.25, 0.3) is 15.7 Å². The fourth-order valence-corrected chi connectivity index (χ4v) is 6.03. The van der Waals surface area contributed by atoms with Crippen LogP contribution in [-0.4, -0.2) is 88.4 Å². The number of fused-ring (bicyclic) bond motifs is 4. The highest BCUT2D eigenvalue weighted by atomic mass is 32.1. The number of carbonyl (C=O) groups excluding carboxylic acids is 1. The van der Waals surface area contributed by atoms with Gasteiger partial charge in [0.25, 0.3) is 0 Å². The first kappa shape index (κ1) is 24.4. The van der Waals surface area contributed by atoms with Crippen molar-refractivity contribution in [2.75, 3.05) is 52.0 Å². The van der Waals surface area contributed by atoms with E-state index in [0.717, 1.165) is 45.8 Å². The largest absolute Gasteiger partial charge is 0.377 e. The first-order chi connectivity index (χ1) is 17.2. The normalized spacial score (nSPS) is 16.4. The Morgan fingerprint density at radius 1 is 1.28 bits per heavy atom. The summed E-state index contributed by atoms with van der Waals surface area (Å²) in [5.74, 6) is 0.757. The second-order valence-electron chi connectivity index (χ2n) is 9.80. The molecule has 2 atom stereocenters. The van der Waals surface area contributed by atoms with Crippen LogP contribution >= 0.6 is 11.3 Å². The van der Waals surface area contributed by atoms with E-state index in [1.165, 1.54) is 10.4 Å². The van der Waals surface area contributed by atoms with Gasteiger partial charge in [-0.25, -0.2) is 14.5 Å². The number of aliphatic hydroxyl groups is 1. The van der Waals surface area contributed by atoms with Gasteiger partial charge in [0.1, 0.15) is 23.2 Å². The van der Waals surface area contributed by atoms with Crippen molar-refractivity contribution in [2.45, 2.75) is 25.5 Å². The summed E-state index contributed by atoms with van der Waals surface area (Å²) in [4.78, 5) is 29.8. The lowest BCUT2D eigenvalue weighted by atomic mass is 9.87. The number of aliphatic hydroxyl groups excluding tert-OH is 1. The number of nitrogens with zero attached hydrogens (tertiary/aromatic N) is 7. The van der Waals surface area contributed by atoms with E-state index in [9.17, 15) is 9.90 Å². The molecule has 0 saturated carbocycles. The van der Waals surface area contributed by atoms with Gasteiger partial charge in [-0.2, -0.15) is 5.10 Å². The molecule has 0 saturated heterocycles. The molecule has 2 N–H and O–H groups in total. The van der Waals surface area contributed by atoms with E-state index in [2.05, 4.69) is 26.4 Å². The van der Waals surface area contributed by atoms with Gasteiger partial charge in [-0.05, 0) is 51.1 Å². The first-order valence-corrected chi connectivity index (χ1v) is 12.8. The topological polar surface area (TPSA) is 102 Å². The van der Waals surface area contributed by atoms with Gasteiger partial charge < -0.3 is 20.2 Å². The molecular weight excluding hydrogens is 476 g/mol. The number of hydrogen-bond donors (Lipinski definition) is 2. The SMILES string of the molecule is CN(CC(O)N(C)C)C(=O)[C@H]1CCc2c(sc3ncnc(Nc4cc5ccnn5cc4N(C)C)c23)C1. The van der Waals surface area contributed by atoms with Gasteiger partial charge in [0, 0.05) is 38.1 Å². The quantitative estimate of drug-likeness (QED) is 0.368. The highest BCUT2D eigenvalue weighted by Gasteiger charge is 2.31. The summed E-state index contributed by atoms with van der Waals surface area (Å²) >= 11 is 1.65. The molecule has 0 aliphatic heterocycles. The van der Waals surface area contributed by atoms with Crippen molar-refractivity contribution in [3.05, 3.63) is 41.3 Å². The standard InChI is InChI=1S/C25H32N8O2S/c1-30(2)19-12-33-16(8-9-28-33)11-18(19)29-23-22-17-7-6-15(10-20(17)36-24(22)27-14-26-23)25(35)32(5)13-21(34)31(3)4/h8-9,11-12,14-15,21,34H,6-7,10,13H2,1-5H3,(H,26,27,29)/t15-,21?/m0/s1. The van der Waals surface area contributed by atoms with Crippen molar-refractivity contribution in [2.24, 2.45) is 5.92 Å². The molecule has 5 rings (SSSR count). The predicted molar refractivity (Wildman–Crippen MR) is 143 cm³/mol. The Morgan fingerprint density at radius 3 is 2.83 bits per heavy atom. The number of pyridine rings is 1. The van der Waals surface area contributed by atoms with Crippen LogP contribution in [0.2, 0.25) is 0 Å². The molecule has 1 aliphatic carbocycles. The molecule has 4 heterocycles. The van der Waals surface area contributed by atoms with Gasteiger partial charge >= 0.3 is 0 Å². The molecule has 0 bridgehead atoms.